The van der Waals surface area contributed by atoms with Crippen LogP contribution in [0, 0.1) is 0 Å². The number of para-hydroxylation sites is 1. The number of aromatic amines is 2. The molecular formula is C50H34N4O. The van der Waals surface area contributed by atoms with Crippen molar-refractivity contribution in [3.63, 3.8) is 0 Å². The minimum Gasteiger partial charge on any atom is -0.455 e. The number of benzene rings is 5. The number of rotatable bonds is 6. The summed E-state index contributed by atoms with van der Waals surface area (Å²) in [7, 11) is 0. The minimum absolute atomic E-state index is 0.189. The van der Waals surface area contributed by atoms with Gasteiger partial charge in [0, 0.05) is 50.4 Å². The van der Waals surface area contributed by atoms with Crippen LogP contribution in [0.25, 0.3) is 90.5 Å². The van der Waals surface area contributed by atoms with Gasteiger partial charge in [0.25, 0.3) is 0 Å². The molecule has 55 heavy (non-hydrogen) atoms. The summed E-state index contributed by atoms with van der Waals surface area (Å²) < 4.78 is 16.6. The summed E-state index contributed by atoms with van der Waals surface area (Å²) in [6.45, 7) is 0. The Morgan fingerprint density at radius 1 is 0.382 bits per heavy atom. The molecule has 0 aliphatic carbocycles. The molecule has 2 aliphatic rings. The van der Waals surface area contributed by atoms with Crippen LogP contribution in [0.3, 0.4) is 0 Å². The van der Waals surface area contributed by atoms with Crippen LogP contribution in [0.15, 0.2) is 176 Å². The van der Waals surface area contributed by atoms with Crippen LogP contribution in [0.2, 0.25) is 0 Å². The topological polar surface area (TPSA) is 66.6 Å². The largest absolute Gasteiger partial charge is 0.455 e. The number of fused-ring (bicyclic) bond motifs is 8. The molecule has 0 amide bonds. The van der Waals surface area contributed by atoms with Gasteiger partial charge in [-0.1, -0.05) is 140 Å². The maximum absolute atomic E-state index is 9.90. The van der Waals surface area contributed by atoms with Crippen LogP contribution in [0.5, 0.6) is 5.75 Å². The second-order valence-electron chi connectivity index (χ2n) is 13.4. The predicted molar refractivity (Wildman–Crippen MR) is 227 cm³/mol. The van der Waals surface area contributed by atoms with Gasteiger partial charge in [-0.3, -0.25) is 0 Å². The fourth-order valence-electron chi connectivity index (χ4n) is 7.48. The van der Waals surface area contributed by atoms with Gasteiger partial charge in [-0.15, -0.1) is 0 Å². The van der Waals surface area contributed by atoms with E-state index < -0.39 is 0 Å². The molecule has 0 atom stereocenters. The van der Waals surface area contributed by atoms with Crippen molar-refractivity contribution in [3.8, 4) is 50.3 Å². The van der Waals surface area contributed by atoms with E-state index in [1.54, 1.807) is 0 Å². The number of nitrogens with zero attached hydrogens (tertiary/aromatic N) is 2. The number of ether oxygens (including phenoxy) is 1. The molecule has 0 saturated carbocycles. The van der Waals surface area contributed by atoms with Gasteiger partial charge in [0.2, 0.25) is 0 Å². The van der Waals surface area contributed by atoms with Gasteiger partial charge >= 0.3 is 0 Å². The molecule has 2 aliphatic heterocycles. The molecule has 5 heterocycles. The smallest absolute Gasteiger partial charge is 0.155 e. The van der Waals surface area contributed by atoms with Gasteiger partial charge < -0.3 is 14.7 Å². The molecule has 8 bridgehead atoms. The van der Waals surface area contributed by atoms with Gasteiger partial charge in [-0.25, -0.2) is 9.97 Å². The van der Waals surface area contributed by atoms with Gasteiger partial charge in [-0.2, -0.15) is 0 Å². The summed E-state index contributed by atoms with van der Waals surface area (Å²) in [5.74, 6) is 0.992. The fourth-order valence-corrected chi connectivity index (χ4v) is 7.48. The SMILES string of the molecule is [2H]C1=C(Oc2ccccc2)c2nc1c(-c1ccccc1)c1ccc([nH]1)c(-c1ccccc1)c1nc(c(-c3ccccc3)c3ccc([nH]3)c2-c2ccccc2)C=C1. The van der Waals surface area contributed by atoms with E-state index in [0.29, 0.717) is 22.9 Å². The molecule has 260 valence electrons. The molecule has 0 fully saturated rings. The highest BCUT2D eigenvalue weighted by atomic mass is 16.5. The second-order valence-corrected chi connectivity index (χ2v) is 13.4. The Labute approximate surface area is 320 Å². The number of hydrogen-bond acceptors (Lipinski definition) is 3. The zero-order chi connectivity index (χ0) is 37.4. The minimum atomic E-state index is 0.189. The van der Waals surface area contributed by atoms with Gasteiger partial charge in [0.15, 0.2) is 5.76 Å². The Morgan fingerprint density at radius 2 is 0.745 bits per heavy atom. The van der Waals surface area contributed by atoms with E-state index in [-0.39, 0.29) is 6.05 Å². The molecule has 10 rings (SSSR count). The summed E-state index contributed by atoms with van der Waals surface area (Å²) in [6.07, 6.45) is 4.21. The van der Waals surface area contributed by atoms with E-state index in [9.17, 15) is 1.37 Å². The number of H-pyrrole nitrogens is 2. The average molecular weight is 708 g/mol. The number of aromatic nitrogens is 4. The highest BCUT2D eigenvalue weighted by Crippen LogP contribution is 2.40. The lowest BCUT2D eigenvalue weighted by atomic mass is 10.0. The summed E-state index contributed by atoms with van der Waals surface area (Å²) >= 11 is 0. The first kappa shape index (κ1) is 31.1. The normalized spacial score (nSPS) is 12.5. The van der Waals surface area contributed by atoms with Crippen molar-refractivity contribution in [1.82, 2.24) is 19.9 Å². The molecule has 3 aromatic heterocycles. The Balaban J connectivity index is 1.42. The third-order valence-corrected chi connectivity index (χ3v) is 9.96. The van der Waals surface area contributed by atoms with E-state index >= 15 is 0 Å². The van der Waals surface area contributed by atoms with Crippen LogP contribution in [-0.4, -0.2) is 19.9 Å². The van der Waals surface area contributed by atoms with Crippen molar-refractivity contribution in [2.75, 3.05) is 0 Å². The van der Waals surface area contributed by atoms with Crippen LogP contribution >= 0.6 is 0 Å². The summed E-state index contributed by atoms with van der Waals surface area (Å²) in [4.78, 5) is 18.4. The van der Waals surface area contributed by atoms with Crippen molar-refractivity contribution in [3.05, 3.63) is 199 Å². The first-order valence-electron chi connectivity index (χ1n) is 18.8. The van der Waals surface area contributed by atoms with Gasteiger partial charge in [-0.05, 0) is 70.8 Å². The third kappa shape index (κ3) is 6.04. The summed E-state index contributed by atoms with van der Waals surface area (Å²) in [6, 6.07) is 59.3. The lowest BCUT2D eigenvalue weighted by Gasteiger charge is -2.10. The van der Waals surface area contributed by atoms with E-state index in [1.807, 2.05) is 78.9 Å². The first-order chi connectivity index (χ1) is 27.7. The van der Waals surface area contributed by atoms with Gasteiger partial charge in [0.1, 0.15) is 11.4 Å². The van der Waals surface area contributed by atoms with Crippen LogP contribution in [0.4, 0.5) is 0 Å². The fraction of sp³-hybridized carbons (Fsp3) is 0. The Kier molecular flexibility index (Phi) is 7.80. The zero-order valence-electron chi connectivity index (χ0n) is 30.7. The summed E-state index contributed by atoms with van der Waals surface area (Å²) in [5, 5.41) is 0. The standard InChI is InChI=1S/C50H34N4O/c1-6-16-33(17-7-1)46-38-26-27-39(51-38)47(34-18-8-2-9-19-34)41-30-31-43(53-41)49(36-22-12-4-13-23-36)50-45(55-37-24-14-5-15-25-37)32-44(54-50)48(35-20-10-3-11-21-35)42-29-28-40(46)52-42/h1-32,52-53H/i32D. The lowest BCUT2D eigenvalue weighted by Crippen LogP contribution is -1.96. The zero-order valence-corrected chi connectivity index (χ0v) is 29.7. The van der Waals surface area contributed by atoms with Crippen molar-refractivity contribution < 1.29 is 6.11 Å². The Bertz CT molecular complexity index is 2970. The molecule has 5 aromatic carbocycles. The molecule has 0 radical (unpaired) electrons. The molecule has 0 saturated heterocycles. The molecule has 0 spiro atoms. The van der Waals surface area contributed by atoms with Crippen LogP contribution in [0.1, 0.15) is 24.1 Å². The third-order valence-electron chi connectivity index (χ3n) is 9.96. The molecule has 5 heteroatoms. The quantitative estimate of drug-likeness (QED) is 0.181. The van der Waals surface area contributed by atoms with Crippen LogP contribution < -0.4 is 4.74 Å². The molecular weight excluding hydrogens is 673 g/mol. The Morgan fingerprint density at radius 3 is 1.18 bits per heavy atom. The van der Waals surface area contributed by atoms with Crippen molar-refractivity contribution in [2.24, 2.45) is 0 Å². The highest BCUT2D eigenvalue weighted by Gasteiger charge is 2.24. The monoisotopic (exact) mass is 707 g/mol. The summed E-state index contributed by atoms with van der Waals surface area (Å²) in [5.41, 5.74) is 13.7. The highest BCUT2D eigenvalue weighted by molar-refractivity contribution is 6.01. The van der Waals surface area contributed by atoms with E-state index in [1.165, 1.54) is 0 Å². The van der Waals surface area contributed by atoms with E-state index in [2.05, 4.69) is 119 Å². The predicted octanol–water partition coefficient (Wildman–Crippen LogP) is 12.7. The molecule has 5 nitrogen and oxygen atoms in total. The maximum atomic E-state index is 9.90. The van der Waals surface area contributed by atoms with Crippen LogP contribution in [-0.2, 0) is 0 Å². The first-order valence-corrected chi connectivity index (χ1v) is 18.3. The van der Waals surface area contributed by atoms with Crippen molar-refractivity contribution >= 4 is 46.0 Å². The van der Waals surface area contributed by atoms with E-state index in [4.69, 9.17) is 14.7 Å². The Hall–Kier alpha value is -7.50. The number of nitrogens with one attached hydrogen (secondary N) is 2. The number of hydrogen-bond donors (Lipinski definition) is 2. The molecule has 2 N–H and O–H groups in total. The van der Waals surface area contributed by atoms with Crippen molar-refractivity contribution in [2.45, 2.75) is 0 Å². The maximum Gasteiger partial charge on any atom is 0.155 e. The van der Waals surface area contributed by atoms with E-state index in [0.717, 1.165) is 78.0 Å². The average Bonchev–Trinajstić information content (AvgIpc) is 4.08. The molecule has 0 unspecified atom stereocenters. The lowest BCUT2D eigenvalue weighted by molar-refractivity contribution is 0.518. The second kappa shape index (κ2) is 13.8. The molecule has 8 aromatic rings. The van der Waals surface area contributed by atoms with Gasteiger partial charge in [0.05, 0.1) is 18.5 Å². The van der Waals surface area contributed by atoms with Crippen molar-refractivity contribution in [1.29, 1.82) is 0 Å².